The van der Waals surface area contributed by atoms with Gasteiger partial charge in [0.15, 0.2) is 0 Å². The van der Waals surface area contributed by atoms with Crippen molar-refractivity contribution in [2.45, 2.75) is 4.90 Å². The Balaban J connectivity index is 3.32. The third-order valence-corrected chi connectivity index (χ3v) is 3.38. The SMILES string of the molecule is COc1ccc(C#N)c(S)c1I. The fourth-order valence-electron chi connectivity index (χ4n) is 0.794. The van der Waals surface area contributed by atoms with E-state index < -0.39 is 0 Å². The van der Waals surface area contributed by atoms with Gasteiger partial charge < -0.3 is 4.74 Å². The number of hydrogen-bond acceptors (Lipinski definition) is 3. The molecule has 0 saturated carbocycles. The van der Waals surface area contributed by atoms with Crippen LogP contribution in [0.15, 0.2) is 17.0 Å². The maximum Gasteiger partial charge on any atom is 0.133 e. The molecule has 0 fully saturated rings. The predicted molar refractivity (Wildman–Crippen MR) is 57.7 cm³/mol. The molecule has 2 nitrogen and oxygen atoms in total. The molecule has 0 aliphatic rings. The van der Waals surface area contributed by atoms with Crippen LogP contribution in [-0.4, -0.2) is 7.11 Å². The van der Waals surface area contributed by atoms with E-state index in [4.69, 9.17) is 10.00 Å². The fraction of sp³-hybridized carbons (Fsp3) is 0.125. The number of ether oxygens (including phenoxy) is 1. The van der Waals surface area contributed by atoms with Crippen molar-refractivity contribution in [2.24, 2.45) is 0 Å². The molecule has 0 unspecified atom stereocenters. The van der Waals surface area contributed by atoms with Gasteiger partial charge in [-0.15, -0.1) is 12.6 Å². The zero-order valence-electron chi connectivity index (χ0n) is 6.34. The lowest BCUT2D eigenvalue weighted by Crippen LogP contribution is -1.90. The summed E-state index contributed by atoms with van der Waals surface area (Å²) in [5, 5.41) is 8.66. The molecule has 1 rings (SSSR count). The van der Waals surface area contributed by atoms with Crippen molar-refractivity contribution < 1.29 is 4.74 Å². The summed E-state index contributed by atoms with van der Waals surface area (Å²) in [7, 11) is 1.59. The van der Waals surface area contributed by atoms with Crippen molar-refractivity contribution in [1.82, 2.24) is 0 Å². The number of benzene rings is 1. The molecule has 1 aromatic carbocycles. The highest BCUT2D eigenvalue weighted by Gasteiger charge is 2.07. The summed E-state index contributed by atoms with van der Waals surface area (Å²) in [4.78, 5) is 0.678. The molecule has 0 N–H and O–H groups in total. The Morgan fingerprint density at radius 2 is 2.25 bits per heavy atom. The minimum atomic E-state index is 0.573. The van der Waals surface area contributed by atoms with E-state index in [0.717, 1.165) is 9.32 Å². The van der Waals surface area contributed by atoms with Gasteiger partial charge in [0.1, 0.15) is 11.8 Å². The Bertz CT molecular complexity index is 346. The fourth-order valence-corrected chi connectivity index (χ4v) is 1.72. The van der Waals surface area contributed by atoms with Gasteiger partial charge in [0.05, 0.1) is 16.2 Å². The van der Waals surface area contributed by atoms with Crippen LogP contribution in [0.4, 0.5) is 0 Å². The van der Waals surface area contributed by atoms with Gasteiger partial charge in [0, 0.05) is 4.90 Å². The summed E-state index contributed by atoms with van der Waals surface area (Å²) in [6.07, 6.45) is 0. The summed E-state index contributed by atoms with van der Waals surface area (Å²) in [5.74, 6) is 0.750. The summed E-state index contributed by atoms with van der Waals surface area (Å²) >= 11 is 6.31. The van der Waals surface area contributed by atoms with Gasteiger partial charge in [-0.3, -0.25) is 0 Å². The van der Waals surface area contributed by atoms with E-state index >= 15 is 0 Å². The predicted octanol–water partition coefficient (Wildman–Crippen LogP) is 2.46. The van der Waals surface area contributed by atoms with E-state index in [2.05, 4.69) is 41.3 Å². The van der Waals surface area contributed by atoms with Crippen molar-refractivity contribution in [3.8, 4) is 11.8 Å². The van der Waals surface area contributed by atoms with Gasteiger partial charge >= 0.3 is 0 Å². The van der Waals surface area contributed by atoms with Crippen LogP contribution in [0.1, 0.15) is 5.56 Å². The van der Waals surface area contributed by atoms with E-state index in [1.807, 2.05) is 0 Å². The van der Waals surface area contributed by atoms with Crippen molar-refractivity contribution >= 4 is 35.2 Å². The summed E-state index contributed by atoms with van der Waals surface area (Å²) in [6, 6.07) is 5.51. The van der Waals surface area contributed by atoms with E-state index in [1.165, 1.54) is 0 Å². The maximum atomic E-state index is 8.66. The molecule has 0 aliphatic carbocycles. The van der Waals surface area contributed by atoms with Crippen LogP contribution in [0.2, 0.25) is 0 Å². The number of nitriles is 1. The van der Waals surface area contributed by atoms with Crippen LogP contribution < -0.4 is 4.74 Å². The van der Waals surface area contributed by atoms with Gasteiger partial charge in [-0.1, -0.05) is 0 Å². The molecule has 0 aliphatic heterocycles. The van der Waals surface area contributed by atoms with E-state index in [0.29, 0.717) is 10.5 Å². The minimum Gasteiger partial charge on any atom is -0.496 e. The molecule has 0 bridgehead atoms. The van der Waals surface area contributed by atoms with Crippen molar-refractivity contribution in [3.05, 3.63) is 21.3 Å². The van der Waals surface area contributed by atoms with Crippen molar-refractivity contribution in [3.63, 3.8) is 0 Å². The monoisotopic (exact) mass is 291 g/mol. The lowest BCUT2D eigenvalue weighted by Gasteiger charge is -2.05. The number of rotatable bonds is 1. The zero-order chi connectivity index (χ0) is 9.14. The van der Waals surface area contributed by atoms with Gasteiger partial charge in [-0.25, -0.2) is 0 Å². The molecule has 0 spiro atoms. The summed E-state index contributed by atoms with van der Waals surface area (Å²) in [5.41, 5.74) is 0.573. The topological polar surface area (TPSA) is 33.0 Å². The Kier molecular flexibility index (Phi) is 3.23. The number of halogens is 1. The van der Waals surface area contributed by atoms with Gasteiger partial charge in [-0.2, -0.15) is 5.26 Å². The molecule has 4 heteroatoms. The van der Waals surface area contributed by atoms with Crippen LogP contribution in [0.25, 0.3) is 0 Å². The molecule has 0 radical (unpaired) electrons. The highest BCUT2D eigenvalue weighted by atomic mass is 127. The van der Waals surface area contributed by atoms with E-state index in [-0.39, 0.29) is 0 Å². The second-order valence-electron chi connectivity index (χ2n) is 2.09. The number of thiol groups is 1. The zero-order valence-corrected chi connectivity index (χ0v) is 9.39. The highest BCUT2D eigenvalue weighted by molar-refractivity contribution is 14.1. The Hall–Kier alpha value is -0.410. The third kappa shape index (κ3) is 1.67. The van der Waals surface area contributed by atoms with Crippen LogP contribution in [0.3, 0.4) is 0 Å². The van der Waals surface area contributed by atoms with Crippen LogP contribution in [0.5, 0.6) is 5.75 Å². The third-order valence-electron chi connectivity index (χ3n) is 1.42. The van der Waals surface area contributed by atoms with Gasteiger partial charge in [0.2, 0.25) is 0 Å². The second kappa shape index (κ2) is 4.01. The van der Waals surface area contributed by atoms with Crippen molar-refractivity contribution in [1.29, 1.82) is 5.26 Å². The highest BCUT2D eigenvalue weighted by Crippen LogP contribution is 2.29. The lowest BCUT2D eigenvalue weighted by molar-refractivity contribution is 0.410. The first-order chi connectivity index (χ1) is 5.70. The number of nitrogens with zero attached hydrogens (tertiary/aromatic N) is 1. The first-order valence-electron chi connectivity index (χ1n) is 3.16. The first kappa shape index (κ1) is 9.68. The molecule has 12 heavy (non-hydrogen) atoms. The van der Waals surface area contributed by atoms with E-state index in [1.54, 1.807) is 19.2 Å². The molecule has 62 valence electrons. The second-order valence-corrected chi connectivity index (χ2v) is 3.62. The average molecular weight is 291 g/mol. The van der Waals surface area contributed by atoms with Crippen LogP contribution in [-0.2, 0) is 0 Å². The molecule has 0 aromatic heterocycles. The quantitative estimate of drug-likeness (QED) is 0.637. The molecular formula is C8H6INOS. The Morgan fingerprint density at radius 3 is 2.75 bits per heavy atom. The number of hydrogen-bond donors (Lipinski definition) is 1. The lowest BCUT2D eigenvalue weighted by atomic mass is 10.2. The maximum absolute atomic E-state index is 8.66. The van der Waals surface area contributed by atoms with E-state index in [9.17, 15) is 0 Å². The molecule has 0 heterocycles. The Labute approximate surface area is 90.1 Å². The summed E-state index contributed by atoms with van der Waals surface area (Å²) in [6.45, 7) is 0. The van der Waals surface area contributed by atoms with Crippen LogP contribution >= 0.6 is 35.2 Å². The minimum absolute atomic E-state index is 0.573. The normalized spacial score (nSPS) is 9.17. The van der Waals surface area contributed by atoms with Gasteiger partial charge in [0.25, 0.3) is 0 Å². The molecule has 0 amide bonds. The standard InChI is InChI=1S/C8H6INOS/c1-11-6-3-2-5(4-10)8(12)7(6)9/h2-3,12H,1H3. The molecular weight excluding hydrogens is 285 g/mol. The van der Waals surface area contributed by atoms with Crippen LogP contribution in [0, 0.1) is 14.9 Å². The average Bonchev–Trinajstić information content (AvgIpc) is 2.10. The largest absolute Gasteiger partial charge is 0.496 e. The number of methoxy groups -OCH3 is 1. The first-order valence-corrected chi connectivity index (χ1v) is 4.69. The van der Waals surface area contributed by atoms with Gasteiger partial charge in [-0.05, 0) is 34.7 Å². The molecule has 0 atom stereocenters. The molecule has 0 saturated heterocycles. The smallest absolute Gasteiger partial charge is 0.133 e. The molecule has 1 aromatic rings. The summed E-state index contributed by atoms with van der Waals surface area (Å²) < 4.78 is 5.93. The Morgan fingerprint density at radius 1 is 1.58 bits per heavy atom. The van der Waals surface area contributed by atoms with Crippen molar-refractivity contribution in [2.75, 3.05) is 7.11 Å².